The van der Waals surface area contributed by atoms with Crippen LogP contribution in [0.15, 0.2) is 42.6 Å². The summed E-state index contributed by atoms with van der Waals surface area (Å²) < 4.78 is 13.7. The van der Waals surface area contributed by atoms with E-state index in [2.05, 4.69) is 10.3 Å². The van der Waals surface area contributed by atoms with Gasteiger partial charge in [0, 0.05) is 11.9 Å². The van der Waals surface area contributed by atoms with E-state index >= 15 is 0 Å². The van der Waals surface area contributed by atoms with Crippen molar-refractivity contribution in [3.05, 3.63) is 53.3 Å². The molecule has 0 aliphatic carbocycles. The van der Waals surface area contributed by atoms with E-state index in [1.807, 2.05) is 6.07 Å². The number of carbonyl (C=O) groups is 1. The first-order chi connectivity index (χ1) is 9.65. The first kappa shape index (κ1) is 12.6. The Morgan fingerprint density at radius 1 is 1.25 bits per heavy atom. The number of nitrogen functional groups attached to an aromatic ring is 1. The number of nitrogens with two attached hydrogens (primary N) is 1. The fourth-order valence-corrected chi connectivity index (χ4v) is 2.81. The first-order valence-corrected chi connectivity index (χ1v) is 6.67. The predicted octanol–water partition coefficient (Wildman–Crippen LogP) is 3.27. The minimum absolute atomic E-state index is 0.322. The number of fused-ring (bicyclic) bond motifs is 1. The number of halogens is 1. The van der Waals surface area contributed by atoms with Gasteiger partial charge in [0.05, 0.1) is 10.4 Å². The number of aromatic nitrogens is 1. The maximum absolute atomic E-state index is 12.8. The first-order valence-electron chi connectivity index (χ1n) is 5.85. The monoisotopic (exact) mass is 287 g/mol. The van der Waals surface area contributed by atoms with Gasteiger partial charge < -0.3 is 11.1 Å². The summed E-state index contributed by atoms with van der Waals surface area (Å²) in [5.41, 5.74) is 7.45. The van der Waals surface area contributed by atoms with Crippen LogP contribution in [0.1, 0.15) is 9.67 Å². The van der Waals surface area contributed by atoms with E-state index in [9.17, 15) is 9.18 Å². The molecule has 1 amide bonds. The number of rotatable bonds is 2. The summed E-state index contributed by atoms with van der Waals surface area (Å²) in [5, 5.41) is 2.68. The van der Waals surface area contributed by atoms with Crippen molar-refractivity contribution in [2.24, 2.45) is 0 Å². The van der Waals surface area contributed by atoms with Gasteiger partial charge in [-0.05, 0) is 36.4 Å². The summed E-state index contributed by atoms with van der Waals surface area (Å²) in [6.45, 7) is 0. The maximum Gasteiger partial charge on any atom is 0.267 e. The van der Waals surface area contributed by atoms with E-state index in [1.165, 1.54) is 35.6 Å². The summed E-state index contributed by atoms with van der Waals surface area (Å²) in [7, 11) is 0. The number of carbonyl (C=O) groups excluding carboxylic acids is 1. The Hall–Kier alpha value is -2.47. The largest absolute Gasteiger partial charge is 0.396 e. The molecule has 0 radical (unpaired) electrons. The Morgan fingerprint density at radius 2 is 2.00 bits per heavy atom. The molecule has 1 aromatic carbocycles. The molecule has 0 aliphatic rings. The second-order valence-corrected chi connectivity index (χ2v) is 5.21. The predicted molar refractivity (Wildman–Crippen MR) is 78.4 cm³/mol. The number of benzene rings is 1. The fraction of sp³-hybridized carbons (Fsp3) is 0. The second kappa shape index (κ2) is 4.90. The molecular weight excluding hydrogens is 277 g/mol. The van der Waals surface area contributed by atoms with Gasteiger partial charge in [-0.2, -0.15) is 0 Å². The van der Waals surface area contributed by atoms with Gasteiger partial charge in [0.2, 0.25) is 0 Å². The summed E-state index contributed by atoms with van der Waals surface area (Å²) >= 11 is 1.28. The van der Waals surface area contributed by atoms with Gasteiger partial charge in [-0.1, -0.05) is 0 Å². The molecule has 6 heteroatoms. The summed E-state index contributed by atoms with van der Waals surface area (Å²) in [4.78, 5) is 16.8. The van der Waals surface area contributed by atoms with Gasteiger partial charge in [0.1, 0.15) is 16.2 Å². The van der Waals surface area contributed by atoms with Crippen molar-refractivity contribution in [2.45, 2.75) is 0 Å². The lowest BCUT2D eigenvalue weighted by Crippen LogP contribution is -2.11. The molecule has 3 N–H and O–H groups in total. The van der Waals surface area contributed by atoms with Gasteiger partial charge in [-0.3, -0.25) is 9.78 Å². The molecular formula is C14H10FN3OS. The number of thiophene rings is 1. The molecule has 2 aromatic heterocycles. The molecule has 3 rings (SSSR count). The number of nitrogens with zero attached hydrogens (tertiary/aromatic N) is 1. The molecule has 0 atom stereocenters. The van der Waals surface area contributed by atoms with E-state index in [1.54, 1.807) is 12.3 Å². The van der Waals surface area contributed by atoms with Crippen LogP contribution in [0.25, 0.3) is 10.2 Å². The minimum Gasteiger partial charge on any atom is -0.396 e. The third kappa shape index (κ3) is 2.21. The Labute approximate surface area is 118 Å². The smallest absolute Gasteiger partial charge is 0.267 e. The highest BCUT2D eigenvalue weighted by Gasteiger charge is 2.17. The van der Waals surface area contributed by atoms with Crippen LogP contribution in [0, 0.1) is 5.82 Å². The SMILES string of the molecule is Nc1c(C(=O)Nc2ccc(F)cc2)sc2cccnc12. The zero-order chi connectivity index (χ0) is 14.1. The van der Waals surface area contributed by atoms with Crippen LogP contribution in [0.3, 0.4) is 0 Å². The fourth-order valence-electron chi connectivity index (χ4n) is 1.84. The highest BCUT2D eigenvalue weighted by molar-refractivity contribution is 7.21. The molecule has 0 fully saturated rings. The molecule has 0 saturated carbocycles. The molecule has 20 heavy (non-hydrogen) atoms. The van der Waals surface area contributed by atoms with E-state index < -0.39 is 0 Å². The van der Waals surface area contributed by atoms with Gasteiger partial charge in [-0.15, -0.1) is 11.3 Å². The summed E-state index contributed by atoms with van der Waals surface area (Å²) in [6.07, 6.45) is 1.63. The highest BCUT2D eigenvalue weighted by Crippen LogP contribution is 2.32. The molecule has 0 spiro atoms. The van der Waals surface area contributed by atoms with E-state index in [0.717, 1.165) is 4.70 Å². The summed E-state index contributed by atoms with van der Waals surface area (Å²) in [6, 6.07) is 9.21. The molecule has 0 saturated heterocycles. The summed E-state index contributed by atoms with van der Waals surface area (Å²) in [5.74, 6) is -0.675. The van der Waals surface area contributed by atoms with Gasteiger partial charge in [0.15, 0.2) is 0 Å². The number of anilines is 2. The lowest BCUT2D eigenvalue weighted by Gasteiger charge is -2.03. The molecule has 0 aliphatic heterocycles. The van der Waals surface area contributed by atoms with Crippen molar-refractivity contribution in [3.63, 3.8) is 0 Å². The van der Waals surface area contributed by atoms with Crippen molar-refractivity contribution >= 4 is 38.8 Å². The van der Waals surface area contributed by atoms with Crippen molar-refractivity contribution < 1.29 is 9.18 Å². The Bertz CT molecular complexity index is 783. The van der Waals surface area contributed by atoms with E-state index in [4.69, 9.17) is 5.73 Å². The van der Waals surface area contributed by atoms with Gasteiger partial charge in [-0.25, -0.2) is 4.39 Å². The Kier molecular flexibility index (Phi) is 3.08. The third-order valence-electron chi connectivity index (χ3n) is 2.79. The van der Waals surface area contributed by atoms with Crippen LogP contribution in [-0.2, 0) is 0 Å². The average molecular weight is 287 g/mol. The van der Waals surface area contributed by atoms with Crippen LogP contribution in [0.2, 0.25) is 0 Å². The molecule has 3 aromatic rings. The minimum atomic E-state index is -0.353. The normalized spacial score (nSPS) is 10.7. The van der Waals surface area contributed by atoms with Crippen LogP contribution in [0.4, 0.5) is 15.8 Å². The lowest BCUT2D eigenvalue weighted by atomic mass is 10.3. The van der Waals surface area contributed by atoms with Crippen LogP contribution < -0.4 is 11.1 Å². The molecule has 2 heterocycles. The van der Waals surface area contributed by atoms with Gasteiger partial charge >= 0.3 is 0 Å². The van der Waals surface area contributed by atoms with Gasteiger partial charge in [0.25, 0.3) is 5.91 Å². The average Bonchev–Trinajstić information content (AvgIpc) is 2.79. The number of amides is 1. The van der Waals surface area contributed by atoms with Crippen molar-refractivity contribution in [1.29, 1.82) is 0 Å². The molecule has 0 bridgehead atoms. The third-order valence-corrected chi connectivity index (χ3v) is 3.95. The van der Waals surface area contributed by atoms with Crippen molar-refractivity contribution in [2.75, 3.05) is 11.1 Å². The van der Waals surface area contributed by atoms with Crippen LogP contribution >= 0.6 is 11.3 Å². The highest BCUT2D eigenvalue weighted by atomic mass is 32.1. The number of hydrogen-bond acceptors (Lipinski definition) is 4. The van der Waals surface area contributed by atoms with Crippen LogP contribution in [-0.4, -0.2) is 10.9 Å². The number of pyridine rings is 1. The maximum atomic E-state index is 12.8. The van der Waals surface area contributed by atoms with E-state index in [0.29, 0.717) is 21.8 Å². The number of hydrogen-bond donors (Lipinski definition) is 2. The Morgan fingerprint density at radius 3 is 2.70 bits per heavy atom. The molecule has 100 valence electrons. The molecule has 0 unspecified atom stereocenters. The number of nitrogens with one attached hydrogen (secondary N) is 1. The topological polar surface area (TPSA) is 68.0 Å². The molecule has 4 nitrogen and oxygen atoms in total. The zero-order valence-electron chi connectivity index (χ0n) is 10.3. The van der Waals surface area contributed by atoms with Crippen molar-refractivity contribution in [1.82, 2.24) is 4.98 Å². The Balaban J connectivity index is 1.92. The standard InChI is InChI=1S/C14H10FN3OS/c15-8-3-5-9(6-4-8)18-14(19)13-11(16)12-10(20-13)2-1-7-17-12/h1-7H,16H2,(H,18,19). The second-order valence-electron chi connectivity index (χ2n) is 4.16. The van der Waals surface area contributed by atoms with Crippen molar-refractivity contribution in [3.8, 4) is 0 Å². The quantitative estimate of drug-likeness (QED) is 0.760. The lowest BCUT2D eigenvalue weighted by molar-refractivity contribution is 0.103. The van der Waals surface area contributed by atoms with E-state index in [-0.39, 0.29) is 11.7 Å². The zero-order valence-corrected chi connectivity index (χ0v) is 11.1. The van der Waals surface area contributed by atoms with Crippen LogP contribution in [0.5, 0.6) is 0 Å².